The molecule has 0 radical (unpaired) electrons. The standard InChI is InChI=1S/C9H13N5OS/c10-6-2-7(13-9(11)12-6)14-3-5(4-16)1-8(14)15/h2,5,16H,1,3-4H2,(H4,10,11,12,13). The van der Waals surface area contributed by atoms with Crippen molar-refractivity contribution >= 4 is 36.1 Å². The number of nitrogen functional groups attached to an aromatic ring is 2. The van der Waals surface area contributed by atoms with Gasteiger partial charge in [-0.3, -0.25) is 9.69 Å². The Hall–Kier alpha value is -1.50. The summed E-state index contributed by atoms with van der Waals surface area (Å²) in [6.45, 7) is 0.609. The maximum atomic E-state index is 11.7. The normalized spacial score (nSPS) is 20.4. The van der Waals surface area contributed by atoms with Gasteiger partial charge in [0.15, 0.2) is 0 Å². The molecule has 16 heavy (non-hydrogen) atoms. The molecule has 1 aliphatic heterocycles. The lowest BCUT2D eigenvalue weighted by atomic mass is 10.1. The molecule has 0 aromatic carbocycles. The number of hydrogen-bond acceptors (Lipinski definition) is 6. The molecule has 86 valence electrons. The molecule has 1 unspecified atom stereocenters. The second-order valence-corrected chi connectivity index (χ2v) is 4.13. The molecule has 6 nitrogen and oxygen atoms in total. The zero-order valence-corrected chi connectivity index (χ0v) is 9.52. The number of rotatable bonds is 2. The van der Waals surface area contributed by atoms with Gasteiger partial charge in [0.2, 0.25) is 11.9 Å². The van der Waals surface area contributed by atoms with Gasteiger partial charge in [0, 0.05) is 19.0 Å². The molecular weight excluding hydrogens is 226 g/mol. The van der Waals surface area contributed by atoms with Crippen molar-refractivity contribution in [1.29, 1.82) is 0 Å². The number of anilines is 3. The van der Waals surface area contributed by atoms with Crippen molar-refractivity contribution in [3.8, 4) is 0 Å². The first kappa shape index (κ1) is 11.0. The van der Waals surface area contributed by atoms with Gasteiger partial charge in [-0.1, -0.05) is 0 Å². The third-order valence-electron chi connectivity index (χ3n) is 2.49. The lowest BCUT2D eigenvalue weighted by molar-refractivity contribution is -0.117. The molecule has 1 fully saturated rings. The van der Waals surface area contributed by atoms with Gasteiger partial charge in [0.05, 0.1) is 0 Å². The van der Waals surface area contributed by atoms with Gasteiger partial charge in [-0.2, -0.15) is 22.6 Å². The van der Waals surface area contributed by atoms with Crippen molar-refractivity contribution in [1.82, 2.24) is 9.97 Å². The first-order chi connectivity index (χ1) is 7.60. The minimum atomic E-state index is 0.0246. The number of carbonyl (C=O) groups excluding carboxylic acids is 1. The van der Waals surface area contributed by atoms with Crippen molar-refractivity contribution in [2.75, 3.05) is 28.7 Å². The molecule has 0 aliphatic carbocycles. The van der Waals surface area contributed by atoms with Crippen molar-refractivity contribution in [3.05, 3.63) is 6.07 Å². The number of hydrogen-bond donors (Lipinski definition) is 3. The van der Waals surface area contributed by atoms with Crippen molar-refractivity contribution in [2.24, 2.45) is 5.92 Å². The second kappa shape index (κ2) is 4.17. The summed E-state index contributed by atoms with van der Waals surface area (Å²) in [5.41, 5.74) is 11.0. The first-order valence-corrected chi connectivity index (χ1v) is 5.54. The average Bonchev–Trinajstić information content (AvgIpc) is 2.58. The van der Waals surface area contributed by atoms with Crippen LogP contribution in [-0.2, 0) is 4.79 Å². The minimum absolute atomic E-state index is 0.0246. The van der Waals surface area contributed by atoms with Crippen LogP contribution in [0.3, 0.4) is 0 Å². The molecule has 1 saturated heterocycles. The highest BCUT2D eigenvalue weighted by Gasteiger charge is 2.30. The van der Waals surface area contributed by atoms with Crippen LogP contribution < -0.4 is 16.4 Å². The van der Waals surface area contributed by atoms with E-state index < -0.39 is 0 Å². The van der Waals surface area contributed by atoms with Gasteiger partial charge in [0.25, 0.3) is 0 Å². The zero-order valence-electron chi connectivity index (χ0n) is 8.63. The molecular formula is C9H13N5OS. The van der Waals surface area contributed by atoms with E-state index in [1.54, 1.807) is 11.0 Å². The quantitative estimate of drug-likeness (QED) is 0.627. The molecule has 2 heterocycles. The van der Waals surface area contributed by atoms with Gasteiger partial charge < -0.3 is 11.5 Å². The van der Waals surface area contributed by atoms with Crippen LogP contribution in [0.5, 0.6) is 0 Å². The van der Waals surface area contributed by atoms with Crippen LogP contribution in [0.4, 0.5) is 17.6 Å². The molecule has 1 aromatic heterocycles. The smallest absolute Gasteiger partial charge is 0.228 e. The van der Waals surface area contributed by atoms with Gasteiger partial charge in [-0.25, -0.2) is 0 Å². The minimum Gasteiger partial charge on any atom is -0.383 e. The Balaban J connectivity index is 2.27. The fourth-order valence-corrected chi connectivity index (χ4v) is 1.98. The van der Waals surface area contributed by atoms with Crippen molar-refractivity contribution < 1.29 is 4.79 Å². The van der Waals surface area contributed by atoms with Crippen LogP contribution >= 0.6 is 12.6 Å². The summed E-state index contributed by atoms with van der Waals surface area (Å²) in [5, 5.41) is 0. The highest BCUT2D eigenvalue weighted by Crippen LogP contribution is 2.25. The van der Waals surface area contributed by atoms with Gasteiger partial charge in [-0.05, 0) is 11.7 Å². The van der Waals surface area contributed by atoms with Crippen LogP contribution in [0.1, 0.15) is 6.42 Å². The average molecular weight is 239 g/mol. The number of carbonyl (C=O) groups is 1. The third-order valence-corrected chi connectivity index (χ3v) is 3.01. The predicted molar refractivity (Wildman–Crippen MR) is 65.2 cm³/mol. The Morgan fingerprint density at radius 3 is 2.81 bits per heavy atom. The molecule has 1 amide bonds. The molecule has 0 bridgehead atoms. The van der Waals surface area contributed by atoms with Crippen LogP contribution in [0.15, 0.2) is 6.07 Å². The van der Waals surface area contributed by atoms with E-state index in [4.69, 9.17) is 11.5 Å². The molecule has 0 spiro atoms. The van der Waals surface area contributed by atoms with Crippen LogP contribution in [-0.4, -0.2) is 28.2 Å². The molecule has 0 saturated carbocycles. The Bertz CT molecular complexity index is 404. The number of amides is 1. The van der Waals surface area contributed by atoms with Gasteiger partial charge in [0.1, 0.15) is 11.6 Å². The molecule has 1 aromatic rings. The van der Waals surface area contributed by atoms with Crippen molar-refractivity contribution in [3.63, 3.8) is 0 Å². The van der Waals surface area contributed by atoms with E-state index in [-0.39, 0.29) is 23.6 Å². The molecule has 2 rings (SSSR count). The van der Waals surface area contributed by atoms with E-state index in [9.17, 15) is 4.79 Å². The summed E-state index contributed by atoms with van der Waals surface area (Å²) in [4.78, 5) is 21.1. The topological polar surface area (TPSA) is 98.1 Å². The van der Waals surface area contributed by atoms with E-state index in [2.05, 4.69) is 22.6 Å². The molecule has 1 aliphatic rings. The molecule has 4 N–H and O–H groups in total. The lowest BCUT2D eigenvalue weighted by Gasteiger charge is -2.15. The van der Waals surface area contributed by atoms with E-state index in [0.717, 1.165) is 0 Å². The summed E-state index contributed by atoms with van der Waals surface area (Å²) in [6.07, 6.45) is 0.493. The van der Waals surface area contributed by atoms with Crippen LogP contribution in [0.25, 0.3) is 0 Å². The maximum Gasteiger partial charge on any atom is 0.228 e. The summed E-state index contributed by atoms with van der Waals surface area (Å²) < 4.78 is 0. The highest BCUT2D eigenvalue weighted by molar-refractivity contribution is 7.80. The van der Waals surface area contributed by atoms with E-state index >= 15 is 0 Å². The Labute approximate surface area is 98.4 Å². The van der Waals surface area contributed by atoms with Crippen LogP contribution in [0, 0.1) is 5.92 Å². The number of thiol groups is 1. The summed E-state index contributed by atoms with van der Waals surface area (Å²) in [7, 11) is 0. The molecule has 7 heteroatoms. The van der Waals surface area contributed by atoms with Crippen LogP contribution in [0.2, 0.25) is 0 Å². The monoisotopic (exact) mass is 239 g/mol. The summed E-state index contributed by atoms with van der Waals surface area (Å²) in [6, 6.07) is 1.55. The predicted octanol–water partition coefficient (Wildman–Crippen LogP) is -0.0763. The highest BCUT2D eigenvalue weighted by atomic mass is 32.1. The largest absolute Gasteiger partial charge is 0.383 e. The van der Waals surface area contributed by atoms with Crippen molar-refractivity contribution in [2.45, 2.75) is 6.42 Å². The summed E-state index contributed by atoms with van der Waals surface area (Å²) >= 11 is 4.19. The van der Waals surface area contributed by atoms with E-state index in [0.29, 0.717) is 24.5 Å². The maximum absolute atomic E-state index is 11.7. The first-order valence-electron chi connectivity index (χ1n) is 4.91. The Morgan fingerprint density at radius 2 is 2.25 bits per heavy atom. The molecule has 1 atom stereocenters. The Morgan fingerprint density at radius 1 is 1.50 bits per heavy atom. The fraction of sp³-hybridized carbons (Fsp3) is 0.444. The number of nitrogens with two attached hydrogens (primary N) is 2. The third kappa shape index (κ3) is 2.04. The van der Waals surface area contributed by atoms with E-state index in [1.807, 2.05) is 0 Å². The Kier molecular flexibility index (Phi) is 2.86. The second-order valence-electron chi connectivity index (χ2n) is 3.77. The summed E-state index contributed by atoms with van der Waals surface area (Å²) in [5.74, 6) is 1.78. The van der Waals surface area contributed by atoms with Gasteiger partial charge >= 0.3 is 0 Å². The SMILES string of the molecule is Nc1cc(N2CC(CS)CC2=O)nc(N)n1. The fourth-order valence-electron chi connectivity index (χ4n) is 1.74. The van der Waals surface area contributed by atoms with E-state index in [1.165, 1.54) is 0 Å². The zero-order chi connectivity index (χ0) is 11.7. The number of nitrogens with zero attached hydrogens (tertiary/aromatic N) is 3. The number of aromatic nitrogens is 2. The lowest BCUT2D eigenvalue weighted by Crippen LogP contribution is -2.26. The van der Waals surface area contributed by atoms with Gasteiger partial charge in [-0.15, -0.1) is 0 Å².